The number of aromatic nitrogens is 1. The molecule has 0 radical (unpaired) electrons. The Hall–Kier alpha value is -2.75. The number of nitrogens with one attached hydrogen (secondary N) is 1. The predicted molar refractivity (Wildman–Crippen MR) is 86.3 cm³/mol. The van der Waals surface area contributed by atoms with Crippen LogP contribution >= 0.6 is 0 Å². The van der Waals surface area contributed by atoms with Crippen LogP contribution in [-0.2, 0) is 25.1 Å². The van der Waals surface area contributed by atoms with Gasteiger partial charge in [-0.1, -0.05) is 18.2 Å². The molecule has 1 aliphatic rings. The Kier molecular flexibility index (Phi) is 4.77. The van der Waals surface area contributed by atoms with Gasteiger partial charge in [-0.3, -0.25) is 14.5 Å². The number of hydrogen-bond acceptors (Lipinski definition) is 5. The molecule has 26 heavy (non-hydrogen) atoms. The molecule has 1 N–H and O–H groups in total. The first-order valence-electron chi connectivity index (χ1n) is 7.66. The smallest absolute Gasteiger partial charge is 0.494 e. The SMILES string of the molecule is CN1CC(=O)OB(c2c[nH]c(-c3ccccc3C(F)(F)F)c2)OC(=O)C1. The van der Waals surface area contributed by atoms with Gasteiger partial charge in [-0.15, -0.1) is 0 Å². The molecule has 136 valence electrons. The van der Waals surface area contributed by atoms with Crippen LogP contribution in [0.15, 0.2) is 36.5 Å². The van der Waals surface area contributed by atoms with Crippen LogP contribution in [0.3, 0.4) is 0 Å². The molecular weight excluding hydrogens is 352 g/mol. The van der Waals surface area contributed by atoms with Crippen molar-refractivity contribution in [3.8, 4) is 11.3 Å². The minimum absolute atomic E-state index is 0.0607. The maximum atomic E-state index is 13.2. The van der Waals surface area contributed by atoms with Gasteiger partial charge in [0.05, 0.1) is 18.7 Å². The van der Waals surface area contributed by atoms with Gasteiger partial charge in [-0.05, 0) is 19.2 Å². The molecule has 1 fully saturated rings. The molecule has 3 rings (SSSR count). The molecule has 0 bridgehead atoms. The first kappa shape index (κ1) is 18.1. The Morgan fingerprint density at radius 1 is 1.12 bits per heavy atom. The van der Waals surface area contributed by atoms with Crippen LogP contribution in [-0.4, -0.2) is 49.1 Å². The average molecular weight is 366 g/mol. The fourth-order valence-electron chi connectivity index (χ4n) is 2.64. The Balaban J connectivity index is 1.91. The number of benzene rings is 1. The van der Waals surface area contributed by atoms with E-state index in [1.165, 1.54) is 35.4 Å². The van der Waals surface area contributed by atoms with Gasteiger partial charge in [0.25, 0.3) is 0 Å². The van der Waals surface area contributed by atoms with E-state index in [4.69, 9.17) is 9.31 Å². The van der Waals surface area contributed by atoms with Crippen LogP contribution in [0.25, 0.3) is 11.3 Å². The van der Waals surface area contributed by atoms with Crippen molar-refractivity contribution in [2.24, 2.45) is 0 Å². The number of likely N-dealkylation sites (N-methyl/N-ethyl adjacent to an activating group) is 1. The lowest BCUT2D eigenvalue weighted by molar-refractivity contribution is -0.145. The largest absolute Gasteiger partial charge is 0.638 e. The van der Waals surface area contributed by atoms with Crippen LogP contribution < -0.4 is 5.46 Å². The molecule has 2 heterocycles. The molecule has 1 aromatic heterocycles. The number of carbonyl (C=O) groups excluding carboxylic acids is 2. The lowest BCUT2D eigenvalue weighted by atomic mass is 9.80. The topological polar surface area (TPSA) is 71.6 Å². The number of hydrogen-bond donors (Lipinski definition) is 1. The maximum absolute atomic E-state index is 13.2. The highest BCUT2D eigenvalue weighted by Crippen LogP contribution is 2.36. The van der Waals surface area contributed by atoms with Gasteiger partial charge in [0.2, 0.25) is 0 Å². The molecule has 0 atom stereocenters. The molecule has 2 aromatic rings. The summed E-state index contributed by atoms with van der Waals surface area (Å²) in [6.07, 6.45) is -3.18. The molecule has 6 nitrogen and oxygen atoms in total. The zero-order valence-corrected chi connectivity index (χ0v) is 13.7. The fourth-order valence-corrected chi connectivity index (χ4v) is 2.64. The minimum atomic E-state index is -4.52. The summed E-state index contributed by atoms with van der Waals surface area (Å²) in [6.45, 7) is -0.195. The van der Waals surface area contributed by atoms with Crippen LogP contribution in [0.2, 0.25) is 0 Å². The van der Waals surface area contributed by atoms with E-state index in [0.29, 0.717) is 0 Å². The molecular formula is C16H14BF3N2O4. The Morgan fingerprint density at radius 3 is 2.35 bits per heavy atom. The van der Waals surface area contributed by atoms with Crippen molar-refractivity contribution in [2.75, 3.05) is 20.1 Å². The monoisotopic (exact) mass is 366 g/mol. The van der Waals surface area contributed by atoms with Gasteiger partial charge in [-0.25, -0.2) is 0 Å². The van der Waals surface area contributed by atoms with Gasteiger partial charge >= 0.3 is 25.2 Å². The van der Waals surface area contributed by atoms with Crippen molar-refractivity contribution in [3.63, 3.8) is 0 Å². The van der Waals surface area contributed by atoms with E-state index >= 15 is 0 Å². The summed E-state index contributed by atoms with van der Waals surface area (Å²) in [6, 6.07) is 6.44. The standard InChI is InChI=1S/C16H14BF3N2O4/c1-22-8-14(23)25-17(26-15(24)9-22)10-6-13(21-7-10)11-4-2-3-5-12(11)16(18,19)20/h2-7,21H,8-9H2,1H3. The van der Waals surface area contributed by atoms with Crippen molar-refractivity contribution in [1.29, 1.82) is 0 Å². The lowest BCUT2D eigenvalue weighted by Crippen LogP contribution is -2.47. The molecule has 0 saturated carbocycles. The van der Waals surface area contributed by atoms with E-state index in [0.717, 1.165) is 6.07 Å². The summed E-state index contributed by atoms with van der Waals surface area (Å²) in [5.41, 5.74) is -0.460. The Labute approximate surface area is 147 Å². The van der Waals surface area contributed by atoms with Crippen LogP contribution in [0.4, 0.5) is 13.2 Å². The molecule has 0 amide bonds. The second kappa shape index (κ2) is 6.87. The number of rotatable bonds is 2. The summed E-state index contributed by atoms with van der Waals surface area (Å²) >= 11 is 0. The normalized spacial score (nSPS) is 16.7. The average Bonchev–Trinajstić information content (AvgIpc) is 3.01. The van der Waals surface area contributed by atoms with E-state index in [1.807, 2.05) is 0 Å². The molecule has 0 unspecified atom stereocenters. The number of alkyl halides is 3. The first-order valence-corrected chi connectivity index (χ1v) is 7.66. The summed E-state index contributed by atoms with van der Waals surface area (Å²) in [4.78, 5) is 27.7. The van der Waals surface area contributed by atoms with E-state index in [9.17, 15) is 22.8 Å². The predicted octanol–water partition coefficient (Wildman–Crippen LogP) is 1.43. The third-order valence-corrected chi connectivity index (χ3v) is 3.78. The number of halogens is 3. The number of nitrogens with zero attached hydrogens (tertiary/aromatic N) is 1. The van der Waals surface area contributed by atoms with Gasteiger partial charge in [0.15, 0.2) is 0 Å². The van der Waals surface area contributed by atoms with Gasteiger partial charge < -0.3 is 14.3 Å². The van der Waals surface area contributed by atoms with Crippen molar-refractivity contribution in [2.45, 2.75) is 6.18 Å². The van der Waals surface area contributed by atoms with Crippen LogP contribution in [0.1, 0.15) is 5.56 Å². The lowest BCUT2D eigenvalue weighted by Gasteiger charge is -2.22. The van der Waals surface area contributed by atoms with Crippen LogP contribution in [0.5, 0.6) is 0 Å². The Bertz CT molecular complexity index is 817. The van der Waals surface area contributed by atoms with Crippen LogP contribution in [0, 0.1) is 0 Å². The number of carbonyl (C=O) groups is 2. The summed E-state index contributed by atoms with van der Waals surface area (Å²) in [7, 11) is 0.248. The molecule has 1 saturated heterocycles. The zero-order chi connectivity index (χ0) is 18.9. The van der Waals surface area contributed by atoms with E-state index in [1.54, 1.807) is 7.05 Å². The molecule has 10 heteroatoms. The Morgan fingerprint density at radius 2 is 1.73 bits per heavy atom. The first-order chi connectivity index (χ1) is 12.2. The molecule has 0 aliphatic carbocycles. The second-order valence-electron chi connectivity index (χ2n) is 5.87. The second-order valence-corrected chi connectivity index (χ2v) is 5.87. The van der Waals surface area contributed by atoms with Gasteiger partial charge in [0, 0.05) is 22.9 Å². The third kappa shape index (κ3) is 3.91. The van der Waals surface area contributed by atoms with Crippen molar-refractivity contribution >= 4 is 24.5 Å². The van der Waals surface area contributed by atoms with Gasteiger partial charge in [-0.2, -0.15) is 13.2 Å². The van der Waals surface area contributed by atoms with E-state index in [2.05, 4.69) is 4.98 Å². The van der Waals surface area contributed by atoms with Crippen molar-refractivity contribution in [1.82, 2.24) is 9.88 Å². The summed E-state index contributed by atoms with van der Waals surface area (Å²) in [5.74, 6) is -1.22. The fraction of sp³-hybridized carbons (Fsp3) is 0.250. The quantitative estimate of drug-likeness (QED) is 0.815. The van der Waals surface area contributed by atoms with E-state index in [-0.39, 0.29) is 29.8 Å². The minimum Gasteiger partial charge on any atom is -0.494 e. The molecule has 1 aromatic carbocycles. The number of H-pyrrole nitrogens is 1. The third-order valence-electron chi connectivity index (χ3n) is 3.78. The molecule has 0 spiro atoms. The summed E-state index contributed by atoms with van der Waals surface area (Å²) < 4.78 is 49.7. The highest BCUT2D eigenvalue weighted by Gasteiger charge is 2.36. The highest BCUT2D eigenvalue weighted by molar-refractivity contribution is 6.64. The summed E-state index contributed by atoms with van der Waals surface area (Å²) in [5, 5.41) is 0. The maximum Gasteiger partial charge on any atom is 0.638 e. The number of aromatic amines is 1. The van der Waals surface area contributed by atoms with Crippen molar-refractivity contribution in [3.05, 3.63) is 42.1 Å². The van der Waals surface area contributed by atoms with Crippen molar-refractivity contribution < 1.29 is 32.1 Å². The van der Waals surface area contributed by atoms with Gasteiger partial charge in [0.1, 0.15) is 0 Å². The highest BCUT2D eigenvalue weighted by atomic mass is 19.4. The zero-order valence-electron chi connectivity index (χ0n) is 13.7. The molecule has 1 aliphatic heterocycles. The van der Waals surface area contributed by atoms with E-state index < -0.39 is 30.8 Å².